The normalized spacial score (nSPS) is 19.4. The van der Waals surface area contributed by atoms with Crippen LogP contribution in [-0.2, 0) is 9.53 Å². The number of rotatable bonds is 8. The second-order valence-corrected chi connectivity index (χ2v) is 9.17. The Bertz CT molecular complexity index is 1090. The van der Waals surface area contributed by atoms with Crippen molar-refractivity contribution in [1.29, 1.82) is 0 Å². The van der Waals surface area contributed by atoms with Gasteiger partial charge in [0.15, 0.2) is 6.10 Å². The smallest absolute Gasteiger partial charge is 0.259 e. The van der Waals surface area contributed by atoms with Gasteiger partial charge in [-0.3, -0.25) is 9.69 Å². The van der Waals surface area contributed by atoms with E-state index in [0.29, 0.717) is 6.61 Å². The standard InChI is InChI=1S/C27H30N2O2S/c1-3-5-11-18-31-24-25(20-13-7-6-8-14-20)32-26-21-15-10-9-12-19(21)16-17-22(26)29(27(24)30)23(28)4-2/h4,6-10,12-17,23-25H,2-3,5,11,18,28H2,1H3. The van der Waals surface area contributed by atoms with E-state index in [1.165, 1.54) is 0 Å². The van der Waals surface area contributed by atoms with Crippen LogP contribution in [0.1, 0.15) is 37.0 Å². The van der Waals surface area contributed by atoms with Gasteiger partial charge >= 0.3 is 0 Å². The van der Waals surface area contributed by atoms with Crippen molar-refractivity contribution in [3.8, 4) is 0 Å². The van der Waals surface area contributed by atoms with Crippen LogP contribution in [0.5, 0.6) is 0 Å². The summed E-state index contributed by atoms with van der Waals surface area (Å²) in [5.74, 6) is -0.121. The Balaban J connectivity index is 1.86. The molecule has 0 radical (unpaired) electrons. The van der Waals surface area contributed by atoms with E-state index in [9.17, 15) is 4.79 Å². The van der Waals surface area contributed by atoms with E-state index in [-0.39, 0.29) is 11.2 Å². The summed E-state index contributed by atoms with van der Waals surface area (Å²) < 4.78 is 6.31. The van der Waals surface area contributed by atoms with E-state index < -0.39 is 12.3 Å². The number of fused-ring (bicyclic) bond motifs is 3. The summed E-state index contributed by atoms with van der Waals surface area (Å²) >= 11 is 1.69. The molecule has 2 N–H and O–H groups in total. The van der Waals surface area contributed by atoms with E-state index in [4.69, 9.17) is 10.5 Å². The molecule has 0 bridgehead atoms. The lowest BCUT2D eigenvalue weighted by Crippen LogP contribution is -2.50. The molecule has 0 saturated heterocycles. The summed E-state index contributed by atoms with van der Waals surface area (Å²) in [6, 6.07) is 22.5. The molecule has 3 aromatic rings. The molecule has 5 heteroatoms. The lowest BCUT2D eigenvalue weighted by molar-refractivity contribution is -0.130. The van der Waals surface area contributed by atoms with Crippen LogP contribution in [0, 0.1) is 0 Å². The van der Waals surface area contributed by atoms with Gasteiger partial charge in [0, 0.05) is 11.5 Å². The number of nitrogens with zero attached hydrogens (tertiary/aromatic N) is 1. The third kappa shape index (κ3) is 4.46. The molecule has 0 spiro atoms. The SMILES string of the molecule is C=CC(N)N1C(=O)C(OCCCCC)C(c2ccccc2)Sc2c1ccc1ccccc21. The Kier molecular flexibility index (Phi) is 7.30. The number of amides is 1. The number of hydrogen-bond acceptors (Lipinski definition) is 4. The first kappa shape index (κ1) is 22.6. The van der Waals surface area contributed by atoms with Crippen LogP contribution < -0.4 is 10.6 Å². The summed E-state index contributed by atoms with van der Waals surface area (Å²) in [5.41, 5.74) is 8.29. The number of anilines is 1. The number of unbranched alkanes of at least 4 members (excludes halogenated alkanes) is 2. The van der Waals surface area contributed by atoms with Gasteiger partial charge in [0.05, 0.1) is 10.9 Å². The average Bonchev–Trinajstić information content (AvgIpc) is 2.96. The maximum atomic E-state index is 14.0. The number of benzene rings is 3. The quantitative estimate of drug-likeness (QED) is 0.337. The van der Waals surface area contributed by atoms with Crippen molar-refractivity contribution < 1.29 is 9.53 Å². The molecule has 3 atom stereocenters. The van der Waals surface area contributed by atoms with Gasteiger partial charge in [0.1, 0.15) is 6.17 Å². The third-order valence-corrected chi connectivity index (χ3v) is 7.27. The maximum absolute atomic E-state index is 14.0. The molecule has 1 aliphatic rings. The minimum Gasteiger partial charge on any atom is -0.367 e. The van der Waals surface area contributed by atoms with E-state index in [1.807, 2.05) is 42.5 Å². The van der Waals surface area contributed by atoms with Crippen molar-refractivity contribution in [1.82, 2.24) is 0 Å². The molecule has 3 aromatic carbocycles. The van der Waals surface area contributed by atoms with Crippen LogP contribution in [0.4, 0.5) is 5.69 Å². The van der Waals surface area contributed by atoms with Crippen molar-refractivity contribution in [2.24, 2.45) is 5.73 Å². The van der Waals surface area contributed by atoms with Crippen molar-refractivity contribution in [3.63, 3.8) is 0 Å². The number of nitrogens with two attached hydrogens (primary N) is 1. The zero-order chi connectivity index (χ0) is 22.5. The van der Waals surface area contributed by atoms with Crippen LogP contribution >= 0.6 is 11.8 Å². The average molecular weight is 447 g/mol. The fourth-order valence-electron chi connectivity index (χ4n) is 4.14. The number of carbonyl (C=O) groups is 1. The maximum Gasteiger partial charge on any atom is 0.259 e. The van der Waals surface area contributed by atoms with Gasteiger partial charge in [-0.2, -0.15) is 0 Å². The molecule has 0 saturated carbocycles. The van der Waals surface area contributed by atoms with Gasteiger partial charge < -0.3 is 10.5 Å². The van der Waals surface area contributed by atoms with E-state index >= 15 is 0 Å². The second kappa shape index (κ2) is 10.3. The minimum absolute atomic E-state index is 0.121. The van der Waals surface area contributed by atoms with Crippen LogP contribution in [0.2, 0.25) is 0 Å². The highest BCUT2D eigenvalue weighted by Crippen LogP contribution is 2.49. The van der Waals surface area contributed by atoms with Gasteiger partial charge in [0.25, 0.3) is 5.91 Å². The van der Waals surface area contributed by atoms with Crippen LogP contribution in [-0.4, -0.2) is 24.8 Å². The Morgan fingerprint density at radius 2 is 1.84 bits per heavy atom. The van der Waals surface area contributed by atoms with Gasteiger partial charge in [-0.15, -0.1) is 11.8 Å². The highest BCUT2D eigenvalue weighted by Gasteiger charge is 2.41. The van der Waals surface area contributed by atoms with Crippen LogP contribution in [0.25, 0.3) is 10.8 Å². The molecule has 1 aliphatic heterocycles. The van der Waals surface area contributed by atoms with Gasteiger partial charge in [-0.1, -0.05) is 93.1 Å². The molecule has 4 nitrogen and oxygen atoms in total. The number of carbonyl (C=O) groups excluding carboxylic acids is 1. The zero-order valence-corrected chi connectivity index (χ0v) is 19.3. The molecule has 0 aromatic heterocycles. The van der Waals surface area contributed by atoms with E-state index in [2.05, 4.69) is 37.8 Å². The van der Waals surface area contributed by atoms with Gasteiger partial charge in [-0.25, -0.2) is 0 Å². The number of ether oxygens (including phenoxy) is 1. The monoisotopic (exact) mass is 446 g/mol. The first-order chi connectivity index (χ1) is 15.7. The van der Waals surface area contributed by atoms with Crippen LogP contribution in [0.3, 0.4) is 0 Å². The molecule has 3 unspecified atom stereocenters. The Morgan fingerprint density at radius 3 is 2.59 bits per heavy atom. The Labute approximate surface area is 194 Å². The summed E-state index contributed by atoms with van der Waals surface area (Å²) in [7, 11) is 0. The summed E-state index contributed by atoms with van der Waals surface area (Å²) in [6.07, 6.45) is 3.43. The molecular formula is C27H30N2O2S. The molecular weight excluding hydrogens is 416 g/mol. The molecule has 32 heavy (non-hydrogen) atoms. The lowest BCUT2D eigenvalue weighted by Gasteiger charge is -2.30. The number of thioether (sulfide) groups is 1. The first-order valence-corrected chi connectivity index (χ1v) is 12.1. The molecule has 0 fully saturated rings. The highest BCUT2D eigenvalue weighted by molar-refractivity contribution is 8.00. The Hall–Kier alpha value is -2.60. The second-order valence-electron chi connectivity index (χ2n) is 8.02. The lowest BCUT2D eigenvalue weighted by atomic mass is 10.0. The van der Waals surface area contributed by atoms with Crippen LogP contribution in [0.15, 0.2) is 84.3 Å². The Morgan fingerprint density at radius 1 is 1.09 bits per heavy atom. The van der Waals surface area contributed by atoms with Crippen molar-refractivity contribution >= 4 is 34.1 Å². The fraction of sp³-hybridized carbons (Fsp3) is 0.296. The molecule has 1 amide bonds. The van der Waals surface area contributed by atoms with E-state index in [0.717, 1.165) is 46.2 Å². The molecule has 4 rings (SSSR count). The predicted molar refractivity (Wildman–Crippen MR) is 134 cm³/mol. The molecule has 1 heterocycles. The van der Waals surface area contributed by atoms with Crippen molar-refractivity contribution in [2.75, 3.05) is 11.5 Å². The molecule has 166 valence electrons. The molecule has 0 aliphatic carbocycles. The predicted octanol–water partition coefficient (Wildman–Crippen LogP) is 6.07. The van der Waals surface area contributed by atoms with Gasteiger partial charge in [-0.05, 0) is 28.8 Å². The highest BCUT2D eigenvalue weighted by atomic mass is 32.2. The number of hydrogen-bond donors (Lipinski definition) is 1. The van der Waals surface area contributed by atoms with Crippen molar-refractivity contribution in [2.45, 2.75) is 48.6 Å². The largest absolute Gasteiger partial charge is 0.367 e. The van der Waals surface area contributed by atoms with Gasteiger partial charge in [0.2, 0.25) is 0 Å². The minimum atomic E-state index is -0.642. The van der Waals surface area contributed by atoms with Crippen molar-refractivity contribution in [3.05, 3.63) is 84.9 Å². The van der Waals surface area contributed by atoms with E-state index in [1.54, 1.807) is 22.7 Å². The topological polar surface area (TPSA) is 55.6 Å². The summed E-state index contributed by atoms with van der Waals surface area (Å²) in [6.45, 7) is 6.56. The zero-order valence-electron chi connectivity index (χ0n) is 18.4. The first-order valence-electron chi connectivity index (χ1n) is 11.2. The summed E-state index contributed by atoms with van der Waals surface area (Å²) in [4.78, 5) is 16.7. The summed E-state index contributed by atoms with van der Waals surface area (Å²) in [5, 5.41) is 2.06. The third-order valence-electron chi connectivity index (χ3n) is 5.83. The fourth-order valence-corrected chi connectivity index (χ4v) is 5.60.